The number of nitrogens with zero attached hydrogens (tertiary/aromatic N) is 1. The van der Waals surface area contributed by atoms with E-state index in [2.05, 4.69) is 22.9 Å². The first-order valence-electron chi connectivity index (χ1n) is 14.0. The van der Waals surface area contributed by atoms with E-state index >= 15 is 0 Å². The highest BCUT2D eigenvalue weighted by Crippen LogP contribution is 2.28. The van der Waals surface area contributed by atoms with E-state index in [1.165, 1.54) is 0 Å². The lowest BCUT2D eigenvalue weighted by molar-refractivity contribution is -0.000451. The van der Waals surface area contributed by atoms with Crippen LogP contribution < -0.4 is 25.4 Å². The molecular weight excluding hydrogens is 512 g/mol. The van der Waals surface area contributed by atoms with Gasteiger partial charge < -0.3 is 40.2 Å². The number of urea groups is 1. The smallest absolute Gasteiger partial charge is 0.323 e. The van der Waals surface area contributed by atoms with Gasteiger partial charge in [-0.3, -0.25) is 4.79 Å². The lowest BCUT2D eigenvalue weighted by atomic mass is 10.0. The molecule has 4 N–H and O–H groups in total. The number of fused-ring (bicyclic) bond motifs is 1. The minimum Gasteiger partial charge on any atom is -0.497 e. The normalized spacial score (nSPS) is 21.4. The molecule has 1 aliphatic rings. The van der Waals surface area contributed by atoms with Crippen molar-refractivity contribution in [1.82, 2.24) is 10.2 Å². The second-order valence-electron chi connectivity index (χ2n) is 10.4. The molecule has 3 rings (SSSR count). The molecule has 1 aliphatic heterocycles. The fourth-order valence-corrected chi connectivity index (χ4v) is 4.66. The number of carbonyl (C=O) groups is 2. The highest BCUT2D eigenvalue weighted by molar-refractivity contribution is 6.02. The van der Waals surface area contributed by atoms with Gasteiger partial charge in [0.2, 0.25) is 0 Å². The fourth-order valence-electron chi connectivity index (χ4n) is 4.66. The monoisotopic (exact) mass is 556 g/mol. The molecule has 2 aromatic rings. The van der Waals surface area contributed by atoms with Gasteiger partial charge in [-0.25, -0.2) is 4.79 Å². The Morgan fingerprint density at radius 1 is 1.12 bits per heavy atom. The number of nitrogens with one attached hydrogen (secondary N) is 3. The SMILES string of the molecule is CNC[C@H]1OCCCC[C@@H](C)Oc2ccc(NC(=O)Nc3ccc(OC)cc3)cc2C(=O)N([C@H](C)CO)C[C@@H]1C. The summed E-state index contributed by atoms with van der Waals surface area (Å²) in [6.07, 6.45) is 2.45. The van der Waals surface area contributed by atoms with E-state index in [1.54, 1.807) is 54.5 Å². The number of aliphatic hydroxyl groups is 1. The molecule has 0 spiro atoms. The summed E-state index contributed by atoms with van der Waals surface area (Å²) in [7, 11) is 3.46. The average Bonchev–Trinajstić information content (AvgIpc) is 2.95. The Bertz CT molecular complexity index is 1100. The zero-order chi connectivity index (χ0) is 29.1. The number of anilines is 2. The van der Waals surface area contributed by atoms with E-state index in [4.69, 9.17) is 14.2 Å². The third kappa shape index (κ3) is 8.84. The number of amides is 3. The maximum absolute atomic E-state index is 14.1. The van der Waals surface area contributed by atoms with Crippen molar-refractivity contribution in [3.05, 3.63) is 48.0 Å². The molecule has 10 heteroatoms. The molecule has 0 fully saturated rings. The number of rotatable bonds is 7. The quantitative estimate of drug-likeness (QED) is 0.400. The second-order valence-corrected chi connectivity index (χ2v) is 10.4. The lowest BCUT2D eigenvalue weighted by Crippen LogP contribution is -2.47. The van der Waals surface area contributed by atoms with Crippen molar-refractivity contribution in [2.24, 2.45) is 5.92 Å². The van der Waals surface area contributed by atoms with Crippen LogP contribution in [0.5, 0.6) is 11.5 Å². The van der Waals surface area contributed by atoms with Gasteiger partial charge in [-0.15, -0.1) is 0 Å². The van der Waals surface area contributed by atoms with Gasteiger partial charge in [-0.2, -0.15) is 0 Å². The minimum absolute atomic E-state index is 0.00761. The molecule has 10 nitrogen and oxygen atoms in total. The zero-order valence-electron chi connectivity index (χ0n) is 24.2. The Morgan fingerprint density at radius 2 is 1.82 bits per heavy atom. The molecule has 220 valence electrons. The Morgan fingerprint density at radius 3 is 2.50 bits per heavy atom. The van der Waals surface area contributed by atoms with Crippen molar-refractivity contribution < 1.29 is 28.9 Å². The number of ether oxygens (including phenoxy) is 3. The predicted octanol–water partition coefficient (Wildman–Crippen LogP) is 4.35. The number of likely N-dealkylation sites (N-methyl/N-ethyl adjacent to an activating group) is 1. The van der Waals surface area contributed by atoms with Gasteiger partial charge in [0.1, 0.15) is 11.5 Å². The van der Waals surface area contributed by atoms with Crippen LogP contribution in [0.4, 0.5) is 16.2 Å². The molecule has 2 aromatic carbocycles. The van der Waals surface area contributed by atoms with Crippen molar-refractivity contribution in [2.75, 3.05) is 51.1 Å². The van der Waals surface area contributed by atoms with Crippen LogP contribution in [0.3, 0.4) is 0 Å². The molecule has 0 saturated heterocycles. The Balaban J connectivity index is 1.90. The Hall–Kier alpha value is -3.34. The molecule has 40 heavy (non-hydrogen) atoms. The van der Waals surface area contributed by atoms with Crippen LogP contribution in [0, 0.1) is 5.92 Å². The molecule has 0 radical (unpaired) electrons. The van der Waals surface area contributed by atoms with Gasteiger partial charge in [0.25, 0.3) is 5.91 Å². The van der Waals surface area contributed by atoms with E-state index in [9.17, 15) is 14.7 Å². The van der Waals surface area contributed by atoms with Gasteiger partial charge in [0.15, 0.2) is 0 Å². The van der Waals surface area contributed by atoms with Crippen molar-refractivity contribution in [3.8, 4) is 11.5 Å². The van der Waals surface area contributed by atoms with Crippen LogP contribution in [0.15, 0.2) is 42.5 Å². The summed E-state index contributed by atoms with van der Waals surface area (Å²) in [6, 6.07) is 11.2. The minimum atomic E-state index is -0.450. The maximum Gasteiger partial charge on any atom is 0.323 e. The Labute approximate surface area is 237 Å². The third-order valence-electron chi connectivity index (χ3n) is 7.06. The summed E-state index contributed by atoms with van der Waals surface area (Å²) in [5, 5.41) is 18.8. The van der Waals surface area contributed by atoms with Crippen molar-refractivity contribution >= 4 is 23.3 Å². The van der Waals surface area contributed by atoms with E-state index in [0.29, 0.717) is 48.1 Å². The van der Waals surface area contributed by atoms with Gasteiger partial charge in [-0.1, -0.05) is 6.92 Å². The van der Waals surface area contributed by atoms with Gasteiger partial charge in [-0.05, 0) is 82.6 Å². The fraction of sp³-hybridized carbons (Fsp3) is 0.533. The highest BCUT2D eigenvalue weighted by Gasteiger charge is 2.29. The summed E-state index contributed by atoms with van der Waals surface area (Å²) < 4.78 is 17.6. The van der Waals surface area contributed by atoms with E-state index in [1.807, 2.05) is 20.9 Å². The van der Waals surface area contributed by atoms with Crippen LogP contribution >= 0.6 is 0 Å². The zero-order valence-corrected chi connectivity index (χ0v) is 24.2. The first-order valence-corrected chi connectivity index (χ1v) is 14.0. The van der Waals surface area contributed by atoms with Gasteiger partial charge in [0.05, 0.1) is 37.5 Å². The number of benzene rings is 2. The average molecular weight is 557 g/mol. The van der Waals surface area contributed by atoms with Crippen molar-refractivity contribution in [1.29, 1.82) is 0 Å². The number of carbonyl (C=O) groups excluding carboxylic acids is 2. The molecule has 0 saturated carbocycles. The largest absolute Gasteiger partial charge is 0.497 e. The first-order chi connectivity index (χ1) is 19.2. The number of methoxy groups -OCH3 is 1. The molecule has 0 bridgehead atoms. The number of hydrogen-bond acceptors (Lipinski definition) is 7. The molecule has 4 atom stereocenters. The molecule has 3 amide bonds. The highest BCUT2D eigenvalue weighted by atomic mass is 16.5. The van der Waals surface area contributed by atoms with Crippen LogP contribution in [0.1, 0.15) is 50.4 Å². The molecule has 0 unspecified atom stereocenters. The summed E-state index contributed by atoms with van der Waals surface area (Å²) >= 11 is 0. The Kier molecular flexibility index (Phi) is 12.0. The van der Waals surface area contributed by atoms with Crippen molar-refractivity contribution in [3.63, 3.8) is 0 Å². The summed E-state index contributed by atoms with van der Waals surface area (Å²) in [5.74, 6) is 0.856. The van der Waals surface area contributed by atoms with Crippen LogP contribution in [-0.4, -0.2) is 80.7 Å². The van der Waals surface area contributed by atoms with E-state index < -0.39 is 12.1 Å². The first kappa shape index (κ1) is 31.2. The summed E-state index contributed by atoms with van der Waals surface area (Å²) in [4.78, 5) is 28.5. The number of aliphatic hydroxyl groups excluding tert-OH is 1. The third-order valence-corrected chi connectivity index (χ3v) is 7.06. The van der Waals surface area contributed by atoms with Crippen LogP contribution in [0.25, 0.3) is 0 Å². The lowest BCUT2D eigenvalue weighted by Gasteiger charge is -2.34. The molecule has 0 aromatic heterocycles. The van der Waals surface area contributed by atoms with Crippen LogP contribution in [-0.2, 0) is 4.74 Å². The topological polar surface area (TPSA) is 121 Å². The molecule has 0 aliphatic carbocycles. The molecule has 1 heterocycles. The van der Waals surface area contributed by atoms with Crippen molar-refractivity contribution in [2.45, 2.75) is 58.3 Å². The second kappa shape index (κ2) is 15.4. The van der Waals surface area contributed by atoms with Gasteiger partial charge >= 0.3 is 6.03 Å². The van der Waals surface area contributed by atoms with E-state index in [0.717, 1.165) is 19.3 Å². The predicted molar refractivity (Wildman–Crippen MR) is 156 cm³/mol. The summed E-state index contributed by atoms with van der Waals surface area (Å²) in [5.41, 5.74) is 1.36. The van der Waals surface area contributed by atoms with Crippen LogP contribution in [0.2, 0.25) is 0 Å². The standard InChI is InChI=1S/C30H44N4O6/c1-20-18-34(21(2)19-35)29(36)26-16-24(33-30(37)32-23-9-12-25(38-5)13-10-23)11-14-27(26)40-22(3)8-6-7-15-39-28(20)17-31-4/h9-14,16,20-22,28,31,35H,6-8,15,17-19H2,1-5H3,(H2,32,33,37)/t20-,21+,22+,28+/m0/s1. The maximum atomic E-state index is 14.1. The van der Waals surface area contributed by atoms with Gasteiger partial charge in [0, 0.05) is 37.0 Å². The molecular formula is C30H44N4O6. The summed E-state index contributed by atoms with van der Waals surface area (Å²) in [6.45, 7) is 7.34. The van der Waals surface area contributed by atoms with E-state index in [-0.39, 0.29) is 30.6 Å². The number of hydrogen-bond donors (Lipinski definition) is 4.